The van der Waals surface area contributed by atoms with Gasteiger partial charge in [0.25, 0.3) is 5.56 Å². The van der Waals surface area contributed by atoms with E-state index >= 15 is 0 Å². The molecule has 0 spiro atoms. The van der Waals surface area contributed by atoms with Crippen LogP contribution in [-0.4, -0.2) is 34.3 Å². The first kappa shape index (κ1) is 18.4. The lowest BCUT2D eigenvalue weighted by molar-refractivity contribution is -0.141. The van der Waals surface area contributed by atoms with E-state index in [1.54, 1.807) is 12.3 Å². The number of benzene rings is 1. The van der Waals surface area contributed by atoms with Crippen molar-refractivity contribution in [3.63, 3.8) is 0 Å². The summed E-state index contributed by atoms with van der Waals surface area (Å²) >= 11 is 1.35. The maximum absolute atomic E-state index is 12.2. The Balaban J connectivity index is 1.35. The van der Waals surface area contributed by atoms with E-state index in [2.05, 4.69) is 4.98 Å². The van der Waals surface area contributed by atoms with Gasteiger partial charge < -0.3 is 14.2 Å². The largest absolute Gasteiger partial charge is 0.486 e. The summed E-state index contributed by atoms with van der Waals surface area (Å²) in [5.41, 5.74) is 1.71. The summed E-state index contributed by atoms with van der Waals surface area (Å²) in [7, 11) is 0. The monoisotopic (exact) mass is 398 g/mol. The van der Waals surface area contributed by atoms with Gasteiger partial charge in [0.15, 0.2) is 11.5 Å². The Bertz CT molecular complexity index is 1100. The van der Waals surface area contributed by atoms with Crippen molar-refractivity contribution in [3.05, 3.63) is 64.2 Å². The lowest BCUT2D eigenvalue weighted by atomic mass is 10.3. The number of nitrogens with zero attached hydrogens (tertiary/aromatic N) is 2. The number of hydrogen-bond donors (Lipinski definition) is 0. The van der Waals surface area contributed by atoms with Crippen molar-refractivity contribution in [2.45, 2.75) is 18.4 Å². The number of carbonyl (C=O) groups is 1. The van der Waals surface area contributed by atoms with Crippen LogP contribution < -0.4 is 15.0 Å². The molecule has 1 aliphatic heterocycles. The fraction of sp³-hybridized carbons (Fsp3) is 0.250. The Kier molecular flexibility index (Phi) is 5.21. The van der Waals surface area contributed by atoms with Gasteiger partial charge in [-0.1, -0.05) is 6.07 Å². The number of carbonyl (C=O) groups excluding carboxylic acids is 1. The van der Waals surface area contributed by atoms with Crippen LogP contribution in [0.3, 0.4) is 0 Å². The van der Waals surface area contributed by atoms with Gasteiger partial charge >= 0.3 is 5.97 Å². The molecule has 1 aromatic carbocycles. The van der Waals surface area contributed by atoms with Gasteiger partial charge in [0.1, 0.15) is 25.5 Å². The molecule has 0 bridgehead atoms. The number of aryl methyl sites for hydroxylation is 1. The number of pyridine rings is 1. The summed E-state index contributed by atoms with van der Waals surface area (Å²) < 4.78 is 17.7. The predicted molar refractivity (Wildman–Crippen MR) is 104 cm³/mol. The fourth-order valence-electron chi connectivity index (χ4n) is 2.78. The van der Waals surface area contributed by atoms with Crippen LogP contribution in [0.4, 0.5) is 0 Å². The van der Waals surface area contributed by atoms with E-state index < -0.39 is 0 Å². The average Bonchev–Trinajstić information content (AvgIpc) is 2.71. The van der Waals surface area contributed by atoms with Crippen LogP contribution in [0.1, 0.15) is 11.3 Å². The van der Waals surface area contributed by atoms with Gasteiger partial charge in [0.2, 0.25) is 0 Å². The summed E-state index contributed by atoms with van der Waals surface area (Å²) in [6.07, 6.45) is 1.73. The first-order chi connectivity index (χ1) is 13.6. The molecule has 0 aliphatic carbocycles. The van der Waals surface area contributed by atoms with E-state index in [1.165, 1.54) is 22.2 Å². The highest BCUT2D eigenvalue weighted by Crippen LogP contribution is 2.34. The molecular formula is C20H18N2O5S. The van der Waals surface area contributed by atoms with Gasteiger partial charge in [-0.2, -0.15) is 0 Å². The van der Waals surface area contributed by atoms with Crippen molar-refractivity contribution in [1.29, 1.82) is 0 Å². The fourth-order valence-corrected chi connectivity index (χ4v) is 3.51. The molecule has 1 aliphatic rings. The minimum absolute atomic E-state index is 0.0415. The second kappa shape index (κ2) is 7.93. The van der Waals surface area contributed by atoms with E-state index in [-0.39, 0.29) is 23.9 Å². The Morgan fingerprint density at radius 2 is 2.00 bits per heavy atom. The van der Waals surface area contributed by atoms with E-state index in [0.29, 0.717) is 36.1 Å². The molecule has 8 heteroatoms. The van der Waals surface area contributed by atoms with E-state index in [9.17, 15) is 9.59 Å². The van der Waals surface area contributed by atoms with Gasteiger partial charge in [-0.25, -0.2) is 4.98 Å². The number of rotatable bonds is 5. The van der Waals surface area contributed by atoms with Crippen molar-refractivity contribution in [2.24, 2.45) is 0 Å². The first-order valence-electron chi connectivity index (χ1n) is 8.75. The molecular weight excluding hydrogens is 380 g/mol. The zero-order valence-corrected chi connectivity index (χ0v) is 16.0. The molecule has 7 nitrogen and oxygen atoms in total. The molecule has 0 N–H and O–H groups in total. The van der Waals surface area contributed by atoms with Crippen LogP contribution in [0, 0.1) is 6.92 Å². The van der Waals surface area contributed by atoms with Gasteiger partial charge in [-0.05, 0) is 36.8 Å². The highest BCUT2D eigenvalue weighted by atomic mass is 32.2. The van der Waals surface area contributed by atoms with Crippen molar-refractivity contribution in [3.8, 4) is 11.5 Å². The summed E-state index contributed by atoms with van der Waals surface area (Å²) in [6.45, 7) is 2.92. The van der Waals surface area contributed by atoms with Gasteiger partial charge in [-0.3, -0.25) is 14.0 Å². The zero-order chi connectivity index (χ0) is 19.5. The molecule has 0 saturated heterocycles. The third-order valence-electron chi connectivity index (χ3n) is 4.11. The number of thioether (sulfide) groups is 1. The number of hydrogen-bond acceptors (Lipinski definition) is 7. The van der Waals surface area contributed by atoms with Gasteiger partial charge in [0, 0.05) is 17.2 Å². The first-order valence-corrected chi connectivity index (χ1v) is 9.74. The van der Waals surface area contributed by atoms with Crippen LogP contribution in [-0.2, 0) is 16.1 Å². The lowest BCUT2D eigenvalue weighted by Crippen LogP contribution is -2.17. The summed E-state index contributed by atoms with van der Waals surface area (Å²) in [4.78, 5) is 29.5. The smallest absolute Gasteiger partial charge is 0.316 e. The highest BCUT2D eigenvalue weighted by Gasteiger charge is 2.13. The minimum Gasteiger partial charge on any atom is -0.486 e. The number of aromatic nitrogens is 2. The second-order valence-electron chi connectivity index (χ2n) is 6.28. The molecule has 0 amide bonds. The average molecular weight is 398 g/mol. The molecule has 3 heterocycles. The number of fused-ring (bicyclic) bond motifs is 2. The number of esters is 1. The van der Waals surface area contributed by atoms with Crippen LogP contribution in [0.2, 0.25) is 0 Å². The SMILES string of the molecule is Cc1ccc2nc(COC(=O)CSc3ccc4c(c3)OCCO4)cc(=O)n2c1. The lowest BCUT2D eigenvalue weighted by Gasteiger charge is -2.18. The summed E-state index contributed by atoms with van der Waals surface area (Å²) in [6, 6.07) is 10.6. The van der Waals surface area contributed by atoms with Gasteiger partial charge in [-0.15, -0.1) is 11.8 Å². The Hall–Kier alpha value is -3.00. The zero-order valence-electron chi connectivity index (χ0n) is 15.2. The molecule has 3 aromatic rings. The van der Waals surface area contributed by atoms with Crippen LogP contribution >= 0.6 is 11.8 Å². The van der Waals surface area contributed by atoms with Crippen molar-refractivity contribution in [2.75, 3.05) is 19.0 Å². The molecule has 28 heavy (non-hydrogen) atoms. The van der Waals surface area contributed by atoms with E-state index in [1.807, 2.05) is 31.2 Å². The van der Waals surface area contributed by atoms with Crippen LogP contribution in [0.5, 0.6) is 11.5 Å². The molecule has 0 unspecified atom stereocenters. The molecule has 0 atom stereocenters. The quantitative estimate of drug-likeness (QED) is 0.483. The third kappa shape index (κ3) is 4.12. The van der Waals surface area contributed by atoms with Crippen molar-refractivity contribution >= 4 is 23.4 Å². The normalized spacial score (nSPS) is 12.8. The summed E-state index contributed by atoms with van der Waals surface area (Å²) in [5.74, 6) is 1.15. The third-order valence-corrected chi connectivity index (χ3v) is 5.08. The topological polar surface area (TPSA) is 79.1 Å². The molecule has 2 aromatic heterocycles. The molecule has 0 fully saturated rings. The predicted octanol–water partition coefficient (Wildman–Crippen LogP) is 2.61. The Labute approximate surface area is 165 Å². The molecule has 0 saturated carbocycles. The summed E-state index contributed by atoms with van der Waals surface area (Å²) in [5, 5.41) is 0. The highest BCUT2D eigenvalue weighted by molar-refractivity contribution is 8.00. The van der Waals surface area contributed by atoms with E-state index in [4.69, 9.17) is 14.2 Å². The van der Waals surface area contributed by atoms with Gasteiger partial charge in [0.05, 0.1) is 11.4 Å². The number of ether oxygens (including phenoxy) is 3. The minimum atomic E-state index is -0.384. The Morgan fingerprint density at radius 1 is 1.18 bits per heavy atom. The van der Waals surface area contributed by atoms with Crippen molar-refractivity contribution < 1.29 is 19.0 Å². The maximum atomic E-state index is 12.2. The van der Waals surface area contributed by atoms with E-state index in [0.717, 1.165) is 10.5 Å². The van der Waals surface area contributed by atoms with Crippen LogP contribution in [0.25, 0.3) is 5.65 Å². The Morgan fingerprint density at radius 3 is 2.86 bits per heavy atom. The standard InChI is InChI=1S/C20H18N2O5S/c1-13-2-5-18-21-14(8-19(23)22(18)10-13)11-27-20(24)12-28-15-3-4-16-17(9-15)26-7-6-25-16/h2-5,8-10H,6-7,11-12H2,1H3. The molecule has 4 rings (SSSR count). The molecule has 0 radical (unpaired) electrons. The second-order valence-corrected chi connectivity index (χ2v) is 7.32. The molecule has 144 valence electrons. The van der Waals surface area contributed by atoms with Crippen LogP contribution in [0.15, 0.2) is 52.3 Å². The van der Waals surface area contributed by atoms with Crippen molar-refractivity contribution in [1.82, 2.24) is 9.38 Å². The maximum Gasteiger partial charge on any atom is 0.316 e.